The quantitative estimate of drug-likeness (QED) is 0.277. The van der Waals surface area contributed by atoms with E-state index in [0.717, 1.165) is 38.8 Å². The number of fused-ring (bicyclic) bond motifs is 3. The highest BCUT2D eigenvalue weighted by molar-refractivity contribution is 6.42. The molecule has 0 radical (unpaired) electrons. The number of aromatic hydroxyl groups is 1. The van der Waals surface area contributed by atoms with Crippen LogP contribution < -0.4 is 5.32 Å². The van der Waals surface area contributed by atoms with E-state index in [4.69, 9.17) is 23.2 Å². The second-order valence-corrected chi connectivity index (χ2v) is 8.60. The smallest absolute Gasteiger partial charge is 0.244 e. The minimum atomic E-state index is -0.237. The minimum absolute atomic E-state index is 0.217. The molecule has 0 aliphatic rings. The third kappa shape index (κ3) is 4.36. The van der Waals surface area contributed by atoms with E-state index in [9.17, 15) is 9.90 Å². The molecule has 2 aromatic heterocycles. The lowest BCUT2D eigenvalue weighted by atomic mass is 10.1. The van der Waals surface area contributed by atoms with Gasteiger partial charge in [0.15, 0.2) is 0 Å². The van der Waals surface area contributed by atoms with Crippen molar-refractivity contribution in [3.8, 4) is 11.4 Å². The van der Waals surface area contributed by atoms with E-state index >= 15 is 0 Å². The number of nitrogens with zero attached hydrogens (tertiary/aromatic N) is 2. The number of nitrogens with one attached hydrogen (secondary N) is 1. The number of hydrogen-bond donors (Lipinski definition) is 2. The van der Waals surface area contributed by atoms with Crippen molar-refractivity contribution in [2.45, 2.75) is 6.54 Å². The normalized spacial score (nSPS) is 11.5. The van der Waals surface area contributed by atoms with Crippen LogP contribution in [0.2, 0.25) is 10.0 Å². The standard InChI is InChI=1S/C27H19Cl2N3O2/c28-23-11-5-17(13-24(23)29)6-12-27(34)31-15-18-14-22-21-3-1-2-4-25(21)32(26(22)16-30-18)19-7-9-20(33)10-8-19/h1-14,16,33H,15H2,(H,31,34)/b12-6+. The summed E-state index contributed by atoms with van der Waals surface area (Å²) >= 11 is 11.9. The van der Waals surface area contributed by atoms with Crippen LogP contribution in [-0.2, 0) is 11.3 Å². The van der Waals surface area contributed by atoms with Gasteiger partial charge in [0.25, 0.3) is 0 Å². The van der Waals surface area contributed by atoms with Crippen molar-refractivity contribution in [3.63, 3.8) is 0 Å². The molecular formula is C27H19Cl2N3O2. The Kier molecular flexibility index (Phi) is 5.97. The van der Waals surface area contributed by atoms with E-state index in [1.807, 2.05) is 36.5 Å². The average molecular weight is 488 g/mol. The summed E-state index contributed by atoms with van der Waals surface area (Å²) < 4.78 is 2.11. The van der Waals surface area contributed by atoms with E-state index < -0.39 is 0 Å². The summed E-state index contributed by atoms with van der Waals surface area (Å²) in [6.45, 7) is 0.291. The molecule has 5 rings (SSSR count). The highest BCUT2D eigenvalue weighted by Gasteiger charge is 2.13. The fourth-order valence-electron chi connectivity index (χ4n) is 3.91. The minimum Gasteiger partial charge on any atom is -0.508 e. The number of phenols is 1. The number of benzene rings is 3. The maximum atomic E-state index is 12.3. The van der Waals surface area contributed by atoms with Gasteiger partial charge in [-0.15, -0.1) is 0 Å². The van der Waals surface area contributed by atoms with Crippen molar-refractivity contribution in [3.05, 3.63) is 106 Å². The fraction of sp³-hybridized carbons (Fsp3) is 0.0370. The molecule has 0 aliphatic heterocycles. The number of carbonyl (C=O) groups excluding carboxylic acids is 1. The number of hydrogen-bond acceptors (Lipinski definition) is 3. The second kappa shape index (κ2) is 9.21. The third-order valence-electron chi connectivity index (χ3n) is 5.54. The van der Waals surface area contributed by atoms with Crippen molar-refractivity contribution < 1.29 is 9.90 Å². The summed E-state index contributed by atoms with van der Waals surface area (Å²) in [5.74, 6) is -0.0200. The molecule has 0 unspecified atom stereocenters. The lowest BCUT2D eigenvalue weighted by Gasteiger charge is -2.08. The first-order valence-corrected chi connectivity index (χ1v) is 11.3. The van der Waals surface area contributed by atoms with Gasteiger partial charge in [-0.25, -0.2) is 0 Å². The second-order valence-electron chi connectivity index (χ2n) is 7.79. The van der Waals surface area contributed by atoms with Crippen LogP contribution in [-0.4, -0.2) is 20.6 Å². The monoisotopic (exact) mass is 487 g/mol. The van der Waals surface area contributed by atoms with Crippen molar-refractivity contribution in [2.75, 3.05) is 0 Å². The number of amides is 1. The van der Waals surface area contributed by atoms with Gasteiger partial charge in [0.1, 0.15) is 5.75 Å². The lowest BCUT2D eigenvalue weighted by molar-refractivity contribution is -0.116. The molecule has 34 heavy (non-hydrogen) atoms. The van der Waals surface area contributed by atoms with Gasteiger partial charge in [-0.05, 0) is 60.2 Å². The number of carbonyl (C=O) groups is 1. The molecule has 0 fully saturated rings. The fourth-order valence-corrected chi connectivity index (χ4v) is 4.22. The first-order valence-electron chi connectivity index (χ1n) is 10.6. The van der Waals surface area contributed by atoms with Crippen LogP contribution in [0.3, 0.4) is 0 Å². The van der Waals surface area contributed by atoms with Gasteiger partial charge in [-0.3, -0.25) is 9.78 Å². The van der Waals surface area contributed by atoms with Gasteiger partial charge in [0.05, 0.1) is 39.5 Å². The zero-order valence-electron chi connectivity index (χ0n) is 17.9. The predicted molar refractivity (Wildman–Crippen MR) is 138 cm³/mol. The summed E-state index contributed by atoms with van der Waals surface area (Å²) in [6, 6.07) is 22.4. The summed E-state index contributed by atoms with van der Waals surface area (Å²) in [6.07, 6.45) is 4.95. The Hall–Kier alpha value is -3.80. The first-order chi connectivity index (χ1) is 16.5. The van der Waals surface area contributed by atoms with Crippen LogP contribution in [0.5, 0.6) is 5.75 Å². The molecule has 0 spiro atoms. The molecule has 5 nitrogen and oxygen atoms in total. The summed E-state index contributed by atoms with van der Waals surface area (Å²) in [5, 5.41) is 15.6. The number of halogens is 2. The molecule has 0 bridgehead atoms. The van der Waals surface area contributed by atoms with Crippen LogP contribution in [0.4, 0.5) is 0 Å². The van der Waals surface area contributed by atoms with Crippen LogP contribution in [0, 0.1) is 0 Å². The summed E-state index contributed by atoms with van der Waals surface area (Å²) in [7, 11) is 0. The highest BCUT2D eigenvalue weighted by Crippen LogP contribution is 2.32. The number of aromatic nitrogens is 2. The van der Waals surface area contributed by atoms with E-state index in [1.54, 1.807) is 36.4 Å². The molecule has 5 aromatic rings. The summed E-state index contributed by atoms with van der Waals surface area (Å²) in [5.41, 5.74) is 4.44. The molecule has 2 N–H and O–H groups in total. The maximum absolute atomic E-state index is 12.3. The van der Waals surface area contributed by atoms with Crippen molar-refractivity contribution in [1.29, 1.82) is 0 Å². The lowest BCUT2D eigenvalue weighted by Crippen LogP contribution is -2.20. The van der Waals surface area contributed by atoms with Gasteiger partial charge in [-0.1, -0.05) is 47.5 Å². The number of pyridine rings is 1. The Labute approximate surface area is 205 Å². The first kappa shape index (κ1) is 22.0. The Morgan fingerprint density at radius 3 is 2.53 bits per heavy atom. The number of para-hydroxylation sites is 1. The van der Waals surface area contributed by atoms with E-state index in [-0.39, 0.29) is 11.7 Å². The molecule has 1 amide bonds. The van der Waals surface area contributed by atoms with E-state index in [0.29, 0.717) is 16.6 Å². The van der Waals surface area contributed by atoms with Crippen molar-refractivity contribution in [1.82, 2.24) is 14.9 Å². The molecule has 2 heterocycles. The van der Waals surface area contributed by atoms with E-state index in [2.05, 4.69) is 27.0 Å². The molecule has 0 saturated heterocycles. The third-order valence-corrected chi connectivity index (χ3v) is 6.28. The zero-order chi connectivity index (χ0) is 23.7. The topological polar surface area (TPSA) is 67.2 Å². The Morgan fingerprint density at radius 1 is 0.941 bits per heavy atom. The Morgan fingerprint density at radius 2 is 1.74 bits per heavy atom. The highest BCUT2D eigenvalue weighted by atomic mass is 35.5. The van der Waals surface area contributed by atoms with Gasteiger partial charge in [0, 0.05) is 22.5 Å². The SMILES string of the molecule is O=C(/C=C/c1ccc(Cl)c(Cl)c1)NCc1cc2c3ccccc3n(-c3ccc(O)cc3)c2cn1. The molecule has 0 saturated carbocycles. The molecule has 0 atom stereocenters. The van der Waals surface area contributed by atoms with Gasteiger partial charge in [-0.2, -0.15) is 0 Å². The molecule has 168 valence electrons. The molecule has 3 aromatic carbocycles. The summed E-state index contributed by atoms with van der Waals surface area (Å²) in [4.78, 5) is 16.9. The van der Waals surface area contributed by atoms with Crippen LogP contribution >= 0.6 is 23.2 Å². The predicted octanol–water partition coefficient (Wildman–Crippen LogP) is 6.52. The average Bonchev–Trinajstić information content (AvgIpc) is 3.18. The number of rotatable bonds is 5. The zero-order valence-corrected chi connectivity index (χ0v) is 19.4. The maximum Gasteiger partial charge on any atom is 0.244 e. The van der Waals surface area contributed by atoms with Gasteiger partial charge in [0.2, 0.25) is 5.91 Å². The van der Waals surface area contributed by atoms with Gasteiger partial charge < -0.3 is 15.0 Å². The van der Waals surface area contributed by atoms with Crippen LogP contribution in [0.25, 0.3) is 33.6 Å². The molecule has 0 aliphatic carbocycles. The molecule has 7 heteroatoms. The van der Waals surface area contributed by atoms with Crippen LogP contribution in [0.1, 0.15) is 11.3 Å². The van der Waals surface area contributed by atoms with Gasteiger partial charge >= 0.3 is 0 Å². The van der Waals surface area contributed by atoms with Crippen LogP contribution in [0.15, 0.2) is 85.1 Å². The van der Waals surface area contributed by atoms with E-state index in [1.165, 1.54) is 6.08 Å². The Bertz CT molecular complexity index is 1560. The largest absolute Gasteiger partial charge is 0.508 e. The Balaban J connectivity index is 1.40. The molecular weight excluding hydrogens is 469 g/mol. The van der Waals surface area contributed by atoms with Crippen molar-refractivity contribution >= 4 is 57.0 Å². The van der Waals surface area contributed by atoms with Crippen molar-refractivity contribution in [2.24, 2.45) is 0 Å². The number of phenolic OH excluding ortho intramolecular Hbond substituents is 1.